The molecule has 0 unspecified atom stereocenters. The summed E-state index contributed by atoms with van der Waals surface area (Å²) in [5, 5.41) is 20.0. The SMILES string of the molecule is N#Cc1ccc(N2C(=O)C3(CCCC3)N(c3ccc(CNC(=O)c4ccc5[nH]ncc5c4)c(F)c3)C2=S)cc1Cl. The number of H-pyrrole nitrogens is 1. The van der Waals surface area contributed by atoms with Gasteiger partial charge in [-0.15, -0.1) is 0 Å². The summed E-state index contributed by atoms with van der Waals surface area (Å²) in [5.74, 6) is -1.05. The molecule has 8 nitrogen and oxygen atoms in total. The van der Waals surface area contributed by atoms with Gasteiger partial charge in [-0.2, -0.15) is 10.4 Å². The molecule has 0 radical (unpaired) electrons. The van der Waals surface area contributed by atoms with Crippen molar-refractivity contribution < 1.29 is 14.0 Å². The van der Waals surface area contributed by atoms with Crippen LogP contribution >= 0.6 is 23.8 Å². The molecule has 2 N–H and O–H groups in total. The van der Waals surface area contributed by atoms with E-state index in [1.165, 1.54) is 11.0 Å². The fraction of sp³-hybridized carbons (Fsp3) is 0.207. The summed E-state index contributed by atoms with van der Waals surface area (Å²) >= 11 is 12.1. The second-order valence-corrected chi connectivity index (χ2v) is 10.7. The molecule has 1 aliphatic heterocycles. The van der Waals surface area contributed by atoms with Crippen molar-refractivity contribution in [2.75, 3.05) is 9.80 Å². The minimum atomic E-state index is -0.925. The highest BCUT2D eigenvalue weighted by molar-refractivity contribution is 7.81. The van der Waals surface area contributed by atoms with E-state index in [-0.39, 0.29) is 28.5 Å². The van der Waals surface area contributed by atoms with Crippen LogP contribution in [0.2, 0.25) is 5.02 Å². The molecule has 40 heavy (non-hydrogen) atoms. The van der Waals surface area contributed by atoms with Crippen LogP contribution < -0.4 is 15.1 Å². The molecule has 3 aromatic carbocycles. The van der Waals surface area contributed by atoms with E-state index in [9.17, 15) is 14.9 Å². The number of aromatic nitrogens is 2. The summed E-state index contributed by atoms with van der Waals surface area (Å²) in [6.45, 7) is -0.0151. The molecule has 1 aliphatic carbocycles. The van der Waals surface area contributed by atoms with Gasteiger partial charge in [-0.05, 0) is 73.6 Å². The van der Waals surface area contributed by atoms with Gasteiger partial charge in [-0.25, -0.2) is 4.39 Å². The first-order chi connectivity index (χ1) is 19.3. The Bertz CT molecular complexity index is 1740. The number of hydrogen-bond donors (Lipinski definition) is 2. The lowest BCUT2D eigenvalue weighted by molar-refractivity contribution is -0.121. The number of nitrogens with one attached hydrogen (secondary N) is 2. The molecule has 2 amide bonds. The maximum Gasteiger partial charge on any atom is 0.259 e. The summed E-state index contributed by atoms with van der Waals surface area (Å²) in [6.07, 6.45) is 4.46. The molecule has 1 saturated carbocycles. The molecule has 0 bridgehead atoms. The first kappa shape index (κ1) is 25.9. The maximum absolute atomic E-state index is 15.4. The van der Waals surface area contributed by atoms with E-state index < -0.39 is 11.4 Å². The third-order valence-corrected chi connectivity index (χ3v) is 8.29. The number of carbonyl (C=O) groups is 2. The number of rotatable bonds is 5. The number of hydrogen-bond acceptors (Lipinski definition) is 5. The van der Waals surface area contributed by atoms with Crippen LogP contribution in [0.15, 0.2) is 60.8 Å². The Kier molecular flexibility index (Phi) is 6.49. The Balaban J connectivity index is 1.26. The standard InChI is InChI=1S/C29H22ClFN6O2S/c30-23-12-21(6-3-18(23)14-32)36-27(39)29(9-1-2-10-29)37(28(36)40)22-7-4-19(24(31)13-22)15-33-26(38)17-5-8-25-20(11-17)16-34-35-25/h3-8,11-13,16H,1-2,9-10,15H2,(H,33,38)(H,34,35). The molecule has 1 aromatic heterocycles. The molecular weight excluding hydrogens is 551 g/mol. The third-order valence-electron chi connectivity index (χ3n) is 7.61. The van der Waals surface area contributed by atoms with Gasteiger partial charge in [0.05, 0.1) is 28.0 Å². The number of nitrogens with zero attached hydrogens (tertiary/aromatic N) is 4. The van der Waals surface area contributed by atoms with Crippen LogP contribution in [0, 0.1) is 17.1 Å². The van der Waals surface area contributed by atoms with Crippen molar-refractivity contribution in [3.05, 3.63) is 88.3 Å². The number of thiocarbonyl (C=S) groups is 1. The minimum Gasteiger partial charge on any atom is -0.348 e. The quantitative estimate of drug-likeness (QED) is 0.301. The fourth-order valence-corrected chi connectivity index (χ4v) is 6.26. The predicted molar refractivity (Wildman–Crippen MR) is 154 cm³/mol. The summed E-state index contributed by atoms with van der Waals surface area (Å²) in [6, 6.07) is 16.6. The van der Waals surface area contributed by atoms with Gasteiger partial charge in [0.15, 0.2) is 5.11 Å². The second-order valence-electron chi connectivity index (χ2n) is 9.90. The molecule has 200 valence electrons. The van der Waals surface area contributed by atoms with Gasteiger partial charge in [0.25, 0.3) is 11.8 Å². The average molecular weight is 573 g/mol. The van der Waals surface area contributed by atoms with Crippen LogP contribution in [0.4, 0.5) is 15.8 Å². The topological polar surface area (TPSA) is 105 Å². The predicted octanol–water partition coefficient (Wildman–Crippen LogP) is 5.61. The number of aromatic amines is 1. The summed E-state index contributed by atoms with van der Waals surface area (Å²) in [4.78, 5) is 29.7. The van der Waals surface area contributed by atoms with Gasteiger partial charge >= 0.3 is 0 Å². The maximum atomic E-state index is 15.4. The van der Waals surface area contributed by atoms with Crippen LogP contribution in [0.3, 0.4) is 0 Å². The molecule has 1 saturated heterocycles. The number of carbonyl (C=O) groups excluding carboxylic acids is 2. The molecule has 2 aliphatic rings. The number of fused-ring (bicyclic) bond motifs is 1. The van der Waals surface area contributed by atoms with Crippen molar-refractivity contribution >= 4 is 63.0 Å². The Hall–Kier alpha value is -4.33. The smallest absolute Gasteiger partial charge is 0.259 e. The molecule has 1 spiro atoms. The van der Waals surface area contributed by atoms with Crippen molar-refractivity contribution in [3.63, 3.8) is 0 Å². The van der Waals surface area contributed by atoms with E-state index in [4.69, 9.17) is 23.8 Å². The van der Waals surface area contributed by atoms with Crippen molar-refractivity contribution in [1.82, 2.24) is 15.5 Å². The highest BCUT2D eigenvalue weighted by Gasteiger charge is 2.57. The normalized spacial score (nSPS) is 16.2. The van der Waals surface area contributed by atoms with E-state index in [2.05, 4.69) is 15.5 Å². The van der Waals surface area contributed by atoms with Gasteiger partial charge in [0.1, 0.15) is 17.4 Å². The molecule has 2 fully saturated rings. The van der Waals surface area contributed by atoms with Crippen molar-refractivity contribution in [2.24, 2.45) is 0 Å². The molecule has 0 atom stereocenters. The van der Waals surface area contributed by atoms with Gasteiger partial charge < -0.3 is 10.2 Å². The minimum absolute atomic E-state index is 0.0151. The monoisotopic (exact) mass is 572 g/mol. The first-order valence-electron chi connectivity index (χ1n) is 12.7. The summed E-state index contributed by atoms with van der Waals surface area (Å²) in [7, 11) is 0. The van der Waals surface area contributed by atoms with Crippen LogP contribution in [-0.4, -0.2) is 32.7 Å². The lowest BCUT2D eigenvalue weighted by Crippen LogP contribution is -2.47. The molecular formula is C29H22ClFN6O2S. The van der Waals surface area contributed by atoms with E-state index >= 15 is 4.39 Å². The Morgan fingerprint density at radius 3 is 2.65 bits per heavy atom. The average Bonchev–Trinajstić information content (AvgIpc) is 3.67. The van der Waals surface area contributed by atoms with Crippen LogP contribution in [0.5, 0.6) is 0 Å². The van der Waals surface area contributed by atoms with Gasteiger partial charge in [0.2, 0.25) is 0 Å². The zero-order chi connectivity index (χ0) is 28.0. The fourth-order valence-electron chi connectivity index (χ4n) is 5.57. The Labute approximate surface area is 239 Å². The highest BCUT2D eigenvalue weighted by atomic mass is 35.5. The van der Waals surface area contributed by atoms with Crippen molar-refractivity contribution in [1.29, 1.82) is 5.26 Å². The lowest BCUT2D eigenvalue weighted by Gasteiger charge is -2.32. The first-order valence-corrected chi connectivity index (χ1v) is 13.5. The zero-order valence-corrected chi connectivity index (χ0v) is 22.7. The van der Waals surface area contributed by atoms with E-state index in [1.807, 2.05) is 6.07 Å². The number of benzene rings is 3. The van der Waals surface area contributed by atoms with Gasteiger partial charge in [-0.1, -0.05) is 30.5 Å². The zero-order valence-electron chi connectivity index (χ0n) is 21.1. The number of nitriles is 1. The largest absolute Gasteiger partial charge is 0.348 e. The van der Waals surface area contributed by atoms with E-state index in [0.717, 1.165) is 23.7 Å². The number of anilines is 2. The summed E-state index contributed by atoms with van der Waals surface area (Å²) < 4.78 is 15.4. The van der Waals surface area contributed by atoms with Gasteiger partial charge in [0, 0.05) is 28.7 Å². The van der Waals surface area contributed by atoms with Crippen LogP contribution in [0.1, 0.15) is 47.2 Å². The Morgan fingerprint density at radius 2 is 1.93 bits per heavy atom. The van der Waals surface area contributed by atoms with Crippen LogP contribution in [0.25, 0.3) is 10.9 Å². The summed E-state index contributed by atoms with van der Waals surface area (Å²) in [5.41, 5.74) is 1.85. The Morgan fingerprint density at radius 1 is 1.15 bits per heavy atom. The van der Waals surface area contributed by atoms with Crippen molar-refractivity contribution in [2.45, 2.75) is 37.8 Å². The van der Waals surface area contributed by atoms with Gasteiger partial charge in [-0.3, -0.25) is 19.6 Å². The number of amides is 2. The molecule has 6 rings (SSSR count). The van der Waals surface area contributed by atoms with Crippen LogP contribution in [-0.2, 0) is 11.3 Å². The van der Waals surface area contributed by atoms with E-state index in [1.54, 1.807) is 59.6 Å². The molecule has 2 heterocycles. The van der Waals surface area contributed by atoms with Crippen molar-refractivity contribution in [3.8, 4) is 6.07 Å². The lowest BCUT2D eigenvalue weighted by atomic mass is 9.94. The molecule has 4 aromatic rings. The highest BCUT2D eigenvalue weighted by Crippen LogP contribution is 2.46. The number of halogens is 2. The second kappa shape index (κ2) is 10.0. The molecule has 11 heteroatoms. The van der Waals surface area contributed by atoms with E-state index in [0.29, 0.717) is 40.9 Å². The third kappa shape index (κ3) is 4.18.